The summed E-state index contributed by atoms with van der Waals surface area (Å²) in [6.45, 7) is 16.2. The quantitative estimate of drug-likeness (QED) is 0.0474. The molecule has 5 aliphatic heterocycles. The highest BCUT2D eigenvalue weighted by atomic mass is 19.1. The van der Waals surface area contributed by atoms with Gasteiger partial charge in [-0.1, -0.05) is 57.2 Å². The van der Waals surface area contributed by atoms with Crippen molar-refractivity contribution in [3.8, 4) is 0 Å². The number of ether oxygens (including phenoxy) is 2. The van der Waals surface area contributed by atoms with Crippen molar-refractivity contribution in [2.75, 3.05) is 87.8 Å². The third-order valence-corrected chi connectivity index (χ3v) is 17.2. The summed E-state index contributed by atoms with van der Waals surface area (Å²) in [7, 11) is 0. The molecule has 5 N–H and O–H groups in total. The number of hydrogen-bond acceptors (Lipinski definition) is 11. The zero-order valence-corrected chi connectivity index (χ0v) is 47.7. The molecule has 1 unspecified atom stereocenters. The van der Waals surface area contributed by atoms with Gasteiger partial charge in [-0.2, -0.15) is 0 Å². The van der Waals surface area contributed by atoms with E-state index < -0.39 is 70.8 Å². The first kappa shape index (κ1) is 59.9. The Balaban J connectivity index is 0.855. The summed E-state index contributed by atoms with van der Waals surface area (Å²) in [4.78, 5) is 92.0. The van der Waals surface area contributed by atoms with Gasteiger partial charge in [-0.3, -0.25) is 38.6 Å². The van der Waals surface area contributed by atoms with Crippen LogP contribution in [-0.4, -0.2) is 147 Å². The fourth-order valence-electron chi connectivity index (χ4n) is 12.2. The van der Waals surface area contributed by atoms with Crippen molar-refractivity contribution >= 4 is 52.5 Å². The summed E-state index contributed by atoms with van der Waals surface area (Å²) >= 11 is 0. The molecule has 6 amide bonds. The van der Waals surface area contributed by atoms with Gasteiger partial charge in [-0.25, -0.2) is 13.2 Å². The maximum Gasteiger partial charge on any atom is 0.252 e. The van der Waals surface area contributed by atoms with Gasteiger partial charge in [0.2, 0.25) is 29.5 Å². The zero-order chi connectivity index (χ0) is 58.2. The molecule has 17 nitrogen and oxygen atoms in total. The minimum Gasteiger partial charge on any atom is -0.381 e. The molecular formula is C62H78F3N9O8. The molecule has 0 bridgehead atoms. The third kappa shape index (κ3) is 14.2. The molecule has 3 fully saturated rings. The maximum absolute atomic E-state index is 15.0. The first-order chi connectivity index (χ1) is 39.4. The Hall–Kier alpha value is -6.71. The minimum atomic E-state index is -1.43. The Morgan fingerprint density at radius 1 is 0.854 bits per heavy atom. The highest BCUT2D eigenvalue weighted by Gasteiger charge is 2.45. The molecule has 4 aromatic carbocycles. The van der Waals surface area contributed by atoms with Gasteiger partial charge in [-0.05, 0) is 129 Å². The van der Waals surface area contributed by atoms with Crippen LogP contribution >= 0.6 is 0 Å². The standard InChI is InChI=1S/C62H78F3N9O8/c1-6-38(2)59(78)69-56(43-19-24-81-25-20-43)61(80)73-33-44-14-17-46(29-48(44)58(73)60(79)70-57-50(64)9-7-10-51(57)65)68-54(76)30-53(75)66-22-8-21-62(5)37-74(52-28-42(13-18-49(52)62)27-41-11-15-45(63)16-12-41)55(77)35-72-32-39(3)67-31-47(72)34-71-23-26-82-36-40(71)4/h7,9-18,28-29,38-40,43,47,56,58,67H,6,8,19-27,30-37H2,1-5H3,(H,66,75)(H,68,76)(H,69,78)(H,70,79)/t38-,39-,40-,47-,56+,58+,62?/m1/s1. The van der Waals surface area contributed by atoms with Gasteiger partial charge in [0, 0.05) is 99.9 Å². The molecule has 5 aliphatic rings. The van der Waals surface area contributed by atoms with E-state index in [2.05, 4.69) is 75.4 Å². The van der Waals surface area contributed by atoms with E-state index >= 15 is 0 Å². The lowest BCUT2D eigenvalue weighted by Gasteiger charge is -2.43. The number of benzene rings is 4. The molecule has 3 saturated heterocycles. The van der Waals surface area contributed by atoms with E-state index in [0.29, 0.717) is 77.1 Å². The molecule has 0 saturated carbocycles. The number of fused-ring (bicyclic) bond motifs is 2. The van der Waals surface area contributed by atoms with Crippen LogP contribution in [0.1, 0.15) is 107 Å². The number of nitrogens with zero attached hydrogens (tertiary/aromatic N) is 4. The maximum atomic E-state index is 15.0. The van der Waals surface area contributed by atoms with Crippen LogP contribution in [0.5, 0.6) is 0 Å². The Labute approximate surface area is 478 Å². The summed E-state index contributed by atoms with van der Waals surface area (Å²) in [5.74, 6) is -6.01. The molecular weight excluding hydrogens is 1060 g/mol. The first-order valence-electron chi connectivity index (χ1n) is 29.0. The van der Waals surface area contributed by atoms with Gasteiger partial charge >= 0.3 is 0 Å². The predicted molar refractivity (Wildman–Crippen MR) is 305 cm³/mol. The predicted octanol–water partition coefficient (Wildman–Crippen LogP) is 6.59. The highest BCUT2D eigenvalue weighted by Crippen LogP contribution is 2.45. The number of amides is 6. The van der Waals surface area contributed by atoms with Gasteiger partial charge in [0.15, 0.2) is 0 Å². The van der Waals surface area contributed by atoms with Crippen molar-refractivity contribution in [2.45, 2.75) is 122 Å². The number of carbonyl (C=O) groups excluding carboxylic acids is 6. The largest absolute Gasteiger partial charge is 0.381 e. The first-order valence-corrected chi connectivity index (χ1v) is 29.0. The number of piperazine rings is 1. The number of halogens is 3. The molecule has 5 heterocycles. The summed E-state index contributed by atoms with van der Waals surface area (Å²) in [6, 6.07) is 18.7. The fourth-order valence-corrected chi connectivity index (χ4v) is 12.2. The number of carbonyl (C=O) groups is 6. The van der Waals surface area contributed by atoms with Crippen LogP contribution in [-0.2, 0) is 56.6 Å². The topological polar surface area (TPSA) is 194 Å². The van der Waals surface area contributed by atoms with Crippen LogP contribution in [0.15, 0.2) is 78.9 Å². The summed E-state index contributed by atoms with van der Waals surface area (Å²) in [5, 5.41) is 14.5. The molecule has 440 valence electrons. The molecule has 20 heteroatoms. The van der Waals surface area contributed by atoms with E-state index in [1.54, 1.807) is 31.2 Å². The van der Waals surface area contributed by atoms with Crippen molar-refractivity contribution in [3.05, 3.63) is 124 Å². The Morgan fingerprint density at radius 3 is 2.33 bits per heavy atom. The highest BCUT2D eigenvalue weighted by molar-refractivity contribution is 6.04. The van der Waals surface area contributed by atoms with Crippen LogP contribution < -0.4 is 31.5 Å². The second-order valence-electron chi connectivity index (χ2n) is 23.3. The molecule has 0 aromatic heterocycles. The van der Waals surface area contributed by atoms with Crippen LogP contribution in [0, 0.1) is 29.3 Å². The molecule has 0 spiro atoms. The van der Waals surface area contributed by atoms with Crippen molar-refractivity contribution < 1.29 is 51.4 Å². The van der Waals surface area contributed by atoms with Gasteiger partial charge in [0.1, 0.15) is 41.6 Å². The summed E-state index contributed by atoms with van der Waals surface area (Å²) in [5.41, 5.74) is 3.68. The summed E-state index contributed by atoms with van der Waals surface area (Å²) < 4.78 is 55.1. The van der Waals surface area contributed by atoms with E-state index in [9.17, 15) is 41.9 Å². The van der Waals surface area contributed by atoms with Gasteiger partial charge < -0.3 is 45.9 Å². The second kappa shape index (κ2) is 26.7. The number of nitrogens with one attached hydrogen (secondary N) is 5. The average molecular weight is 1130 g/mol. The molecule has 0 aliphatic carbocycles. The number of morpholine rings is 1. The average Bonchev–Trinajstić information content (AvgIpc) is 3.17. The minimum absolute atomic E-state index is 0.00462. The normalized spacial score (nSPS) is 22.9. The molecule has 4 aromatic rings. The number of anilines is 3. The van der Waals surface area contributed by atoms with E-state index in [4.69, 9.17) is 9.47 Å². The third-order valence-electron chi connectivity index (χ3n) is 17.2. The van der Waals surface area contributed by atoms with Crippen molar-refractivity contribution in [2.24, 2.45) is 11.8 Å². The second-order valence-corrected chi connectivity index (χ2v) is 23.3. The lowest BCUT2D eigenvalue weighted by molar-refractivity contribution is -0.144. The monoisotopic (exact) mass is 1130 g/mol. The SMILES string of the molecule is CC[C@@H](C)C(=O)N[C@H](C(=O)N1Cc2ccc(NC(=O)CC(=O)NCCCC3(C)CN(C(=O)CN4C[C@@H](C)NC[C@@H]4CN4CCOC[C@H]4C)c4cc(Cc5ccc(F)cc5)ccc43)cc2[C@H]1C(=O)Nc1c(F)cccc1F)C1CCOCC1. The smallest absolute Gasteiger partial charge is 0.252 e. The van der Waals surface area contributed by atoms with E-state index in [1.807, 2.05) is 11.8 Å². The number of hydrogen-bond donors (Lipinski definition) is 5. The van der Waals surface area contributed by atoms with E-state index in [0.717, 1.165) is 66.8 Å². The van der Waals surface area contributed by atoms with Crippen LogP contribution in [0.3, 0.4) is 0 Å². The van der Waals surface area contributed by atoms with Crippen LogP contribution in [0.4, 0.5) is 30.2 Å². The van der Waals surface area contributed by atoms with Gasteiger partial charge in [0.05, 0.1) is 19.8 Å². The Morgan fingerprint density at radius 2 is 1.60 bits per heavy atom. The Bertz CT molecular complexity index is 2960. The number of para-hydroxylation sites is 1. The molecule has 82 heavy (non-hydrogen) atoms. The fraction of sp³-hybridized carbons (Fsp3) is 0.516. The Kier molecular flexibility index (Phi) is 19.5. The lowest BCUT2D eigenvalue weighted by Crippen LogP contribution is -2.62. The van der Waals surface area contributed by atoms with Gasteiger partial charge in [0.25, 0.3) is 5.91 Å². The summed E-state index contributed by atoms with van der Waals surface area (Å²) in [6.07, 6.45) is 2.66. The lowest BCUT2D eigenvalue weighted by atomic mass is 9.80. The zero-order valence-electron chi connectivity index (χ0n) is 47.7. The van der Waals surface area contributed by atoms with Gasteiger partial charge in [-0.15, -0.1) is 0 Å². The van der Waals surface area contributed by atoms with Crippen molar-refractivity contribution in [1.82, 2.24) is 30.7 Å². The van der Waals surface area contributed by atoms with E-state index in [-0.39, 0.29) is 72.6 Å². The van der Waals surface area contributed by atoms with Crippen LogP contribution in [0.25, 0.3) is 0 Å². The van der Waals surface area contributed by atoms with Crippen molar-refractivity contribution in [3.63, 3.8) is 0 Å². The van der Waals surface area contributed by atoms with E-state index in [1.165, 1.54) is 23.1 Å². The van der Waals surface area contributed by atoms with Crippen LogP contribution in [0.2, 0.25) is 0 Å². The molecule has 7 atom stereocenters. The number of rotatable bonds is 20. The van der Waals surface area contributed by atoms with Crippen molar-refractivity contribution in [1.29, 1.82) is 0 Å². The molecule has 0 radical (unpaired) electrons. The molecule has 9 rings (SSSR count).